The molecular weight excluding hydrogens is 405 g/mol. The molecule has 8 heteroatoms. The molecule has 158 valence electrons. The lowest BCUT2D eigenvalue weighted by atomic mass is 10.1. The summed E-state index contributed by atoms with van der Waals surface area (Å²) in [6.45, 7) is 0.336. The number of nitrogens with zero attached hydrogens (tertiary/aromatic N) is 1. The second-order valence-corrected chi connectivity index (χ2v) is 7.00. The number of carbonyl (C=O) groups is 1. The Bertz CT molecular complexity index is 1130. The second kappa shape index (κ2) is 8.51. The van der Waals surface area contributed by atoms with Gasteiger partial charge in [-0.1, -0.05) is 24.3 Å². The molecule has 1 aliphatic rings. The summed E-state index contributed by atoms with van der Waals surface area (Å²) in [5.74, 6) is -0.307. The van der Waals surface area contributed by atoms with Crippen molar-refractivity contribution >= 4 is 28.5 Å². The normalized spacial score (nSPS) is 14.3. The highest BCUT2D eigenvalue weighted by atomic mass is 19.4. The lowest BCUT2D eigenvalue weighted by Crippen LogP contribution is -2.13. The van der Waals surface area contributed by atoms with E-state index < -0.39 is 11.7 Å². The van der Waals surface area contributed by atoms with Crippen molar-refractivity contribution in [3.63, 3.8) is 0 Å². The molecule has 0 unspecified atom stereocenters. The van der Waals surface area contributed by atoms with E-state index in [0.29, 0.717) is 29.8 Å². The van der Waals surface area contributed by atoms with Gasteiger partial charge in [-0.25, -0.2) is 0 Å². The maximum atomic E-state index is 13.6. The van der Waals surface area contributed by atoms with Crippen molar-refractivity contribution in [3.05, 3.63) is 89.9 Å². The van der Waals surface area contributed by atoms with Crippen LogP contribution < -0.4 is 16.0 Å². The average molecular weight is 424 g/mol. The Morgan fingerprint density at radius 3 is 2.68 bits per heavy atom. The molecule has 3 aromatic rings. The van der Waals surface area contributed by atoms with Gasteiger partial charge in [-0.05, 0) is 42.3 Å². The smallest absolute Gasteiger partial charge is 0.384 e. The van der Waals surface area contributed by atoms with Crippen LogP contribution in [0.15, 0.2) is 73.2 Å². The van der Waals surface area contributed by atoms with E-state index in [1.165, 1.54) is 18.3 Å². The Labute approximate surface area is 177 Å². The van der Waals surface area contributed by atoms with Gasteiger partial charge in [0.25, 0.3) is 5.91 Å². The summed E-state index contributed by atoms with van der Waals surface area (Å²) < 4.78 is 40.9. The summed E-state index contributed by atoms with van der Waals surface area (Å²) in [6.07, 6.45) is 0.772. The summed E-state index contributed by atoms with van der Waals surface area (Å²) in [4.78, 5) is 16.2. The zero-order valence-electron chi connectivity index (χ0n) is 16.3. The van der Waals surface area contributed by atoms with Gasteiger partial charge in [-0.2, -0.15) is 13.2 Å². The first kappa shape index (κ1) is 20.5. The molecule has 0 saturated heterocycles. The van der Waals surface area contributed by atoms with Crippen LogP contribution in [0.2, 0.25) is 0 Å². The van der Waals surface area contributed by atoms with E-state index in [1.807, 2.05) is 6.07 Å². The van der Waals surface area contributed by atoms with Gasteiger partial charge in [0.2, 0.25) is 0 Å². The van der Waals surface area contributed by atoms with Crippen LogP contribution in [0.25, 0.3) is 5.57 Å². The SMILES string of the molecule is O=C1Nc2ccccc2C1=CNc1ccc(NCCc2cccnc2)c(C(F)(F)F)c1. The monoisotopic (exact) mass is 424 g/mol. The molecule has 2 heterocycles. The van der Waals surface area contributed by atoms with E-state index in [4.69, 9.17) is 0 Å². The van der Waals surface area contributed by atoms with E-state index >= 15 is 0 Å². The number of fused-ring (bicyclic) bond motifs is 1. The molecule has 0 aliphatic carbocycles. The highest BCUT2D eigenvalue weighted by Crippen LogP contribution is 2.37. The van der Waals surface area contributed by atoms with Crippen molar-refractivity contribution in [2.45, 2.75) is 12.6 Å². The number of rotatable bonds is 6. The van der Waals surface area contributed by atoms with E-state index in [0.717, 1.165) is 11.6 Å². The number of benzene rings is 2. The number of halogens is 3. The van der Waals surface area contributed by atoms with E-state index in [1.54, 1.807) is 42.7 Å². The third-order valence-corrected chi connectivity index (χ3v) is 4.87. The van der Waals surface area contributed by atoms with Gasteiger partial charge in [0, 0.05) is 47.8 Å². The molecule has 1 aliphatic heterocycles. The Hall–Kier alpha value is -3.81. The number of para-hydroxylation sites is 1. The largest absolute Gasteiger partial charge is 0.418 e. The molecule has 0 atom stereocenters. The zero-order chi connectivity index (χ0) is 21.8. The number of amides is 1. The number of nitrogens with one attached hydrogen (secondary N) is 3. The zero-order valence-corrected chi connectivity index (χ0v) is 16.3. The molecule has 1 aromatic heterocycles. The highest BCUT2D eigenvalue weighted by Gasteiger charge is 2.34. The highest BCUT2D eigenvalue weighted by molar-refractivity contribution is 6.31. The Kier molecular flexibility index (Phi) is 5.62. The van der Waals surface area contributed by atoms with Crippen molar-refractivity contribution < 1.29 is 18.0 Å². The van der Waals surface area contributed by atoms with Crippen LogP contribution in [0.4, 0.5) is 30.2 Å². The van der Waals surface area contributed by atoms with Crippen LogP contribution in [0, 0.1) is 0 Å². The minimum atomic E-state index is -4.53. The van der Waals surface area contributed by atoms with Crippen LogP contribution in [0.1, 0.15) is 16.7 Å². The van der Waals surface area contributed by atoms with Crippen LogP contribution in [-0.2, 0) is 17.4 Å². The fourth-order valence-corrected chi connectivity index (χ4v) is 3.35. The molecule has 31 heavy (non-hydrogen) atoms. The molecule has 0 bridgehead atoms. The van der Waals surface area contributed by atoms with E-state index in [2.05, 4.69) is 20.9 Å². The molecule has 0 radical (unpaired) electrons. The summed E-state index contributed by atoms with van der Waals surface area (Å²) in [6, 6.07) is 14.7. The van der Waals surface area contributed by atoms with Gasteiger partial charge in [-0.3, -0.25) is 9.78 Å². The number of hydrogen-bond donors (Lipinski definition) is 3. The van der Waals surface area contributed by atoms with Crippen LogP contribution >= 0.6 is 0 Å². The molecule has 4 rings (SSSR count). The predicted molar refractivity (Wildman–Crippen MR) is 115 cm³/mol. The number of anilines is 3. The summed E-state index contributed by atoms with van der Waals surface area (Å²) in [5, 5.41) is 8.40. The molecule has 0 saturated carbocycles. The van der Waals surface area contributed by atoms with Gasteiger partial charge in [0.15, 0.2) is 0 Å². The quantitative estimate of drug-likeness (QED) is 0.478. The maximum Gasteiger partial charge on any atom is 0.418 e. The number of aromatic nitrogens is 1. The minimum Gasteiger partial charge on any atom is -0.384 e. The standard InChI is InChI=1S/C23H19F3N4O/c24-23(25,26)19-12-16(7-8-21(19)28-11-9-15-4-3-10-27-13-15)29-14-18-17-5-1-2-6-20(17)30-22(18)31/h1-8,10,12-14,28-29H,9,11H2,(H,30,31). The van der Waals surface area contributed by atoms with Gasteiger partial charge >= 0.3 is 6.18 Å². The van der Waals surface area contributed by atoms with Crippen molar-refractivity contribution in [1.29, 1.82) is 0 Å². The first-order valence-corrected chi connectivity index (χ1v) is 9.63. The molecule has 0 fully saturated rings. The lowest BCUT2D eigenvalue weighted by molar-refractivity contribution is -0.136. The Balaban J connectivity index is 1.51. The number of hydrogen-bond acceptors (Lipinski definition) is 4. The summed E-state index contributed by atoms with van der Waals surface area (Å²) in [7, 11) is 0. The molecule has 5 nitrogen and oxygen atoms in total. The van der Waals surface area contributed by atoms with Gasteiger partial charge in [0.1, 0.15) is 0 Å². The maximum absolute atomic E-state index is 13.6. The van der Waals surface area contributed by atoms with Gasteiger partial charge in [0.05, 0.1) is 11.1 Å². The Morgan fingerprint density at radius 2 is 1.90 bits per heavy atom. The van der Waals surface area contributed by atoms with Gasteiger partial charge in [-0.15, -0.1) is 0 Å². The van der Waals surface area contributed by atoms with Crippen LogP contribution in [0.5, 0.6) is 0 Å². The second-order valence-electron chi connectivity index (χ2n) is 7.00. The Morgan fingerprint density at radius 1 is 1.06 bits per heavy atom. The van der Waals surface area contributed by atoms with Crippen molar-refractivity contribution in [1.82, 2.24) is 4.98 Å². The number of pyridine rings is 1. The van der Waals surface area contributed by atoms with Crippen molar-refractivity contribution in [2.24, 2.45) is 0 Å². The predicted octanol–water partition coefficient (Wildman–Crippen LogP) is 5.16. The first-order chi connectivity index (χ1) is 14.9. The average Bonchev–Trinajstić information content (AvgIpc) is 3.08. The van der Waals surface area contributed by atoms with Gasteiger partial charge < -0.3 is 16.0 Å². The molecule has 0 spiro atoms. The summed E-state index contributed by atoms with van der Waals surface area (Å²) in [5.41, 5.74) is 2.12. The van der Waals surface area contributed by atoms with Crippen LogP contribution in [-0.4, -0.2) is 17.4 Å². The fraction of sp³-hybridized carbons (Fsp3) is 0.130. The van der Waals surface area contributed by atoms with Crippen molar-refractivity contribution in [3.8, 4) is 0 Å². The number of carbonyl (C=O) groups excluding carboxylic acids is 1. The van der Waals surface area contributed by atoms with Crippen LogP contribution in [0.3, 0.4) is 0 Å². The number of alkyl halides is 3. The molecule has 1 amide bonds. The molecule has 2 aromatic carbocycles. The van der Waals surface area contributed by atoms with Crippen molar-refractivity contribution in [2.75, 3.05) is 22.5 Å². The summed E-state index contributed by atoms with van der Waals surface area (Å²) >= 11 is 0. The first-order valence-electron chi connectivity index (χ1n) is 9.63. The van der Waals surface area contributed by atoms with E-state index in [9.17, 15) is 18.0 Å². The minimum absolute atomic E-state index is 0.00134. The fourth-order valence-electron chi connectivity index (χ4n) is 3.35. The van der Waals surface area contributed by atoms with E-state index in [-0.39, 0.29) is 17.3 Å². The molecular formula is C23H19F3N4O. The molecule has 3 N–H and O–H groups in total. The third-order valence-electron chi connectivity index (χ3n) is 4.87. The topological polar surface area (TPSA) is 66.1 Å². The third kappa shape index (κ3) is 4.69. The lowest BCUT2D eigenvalue weighted by Gasteiger charge is -2.16.